The van der Waals surface area contributed by atoms with E-state index in [-0.39, 0.29) is 30.5 Å². The molecule has 0 spiro atoms. The van der Waals surface area contributed by atoms with Crippen LogP contribution in [0, 0.1) is 17.6 Å². The van der Waals surface area contributed by atoms with E-state index < -0.39 is 23.5 Å². The van der Waals surface area contributed by atoms with Gasteiger partial charge in [0, 0.05) is 42.5 Å². The summed E-state index contributed by atoms with van der Waals surface area (Å²) in [6.45, 7) is 0.621. The number of anilines is 3. The molecule has 1 N–H and O–H groups in total. The van der Waals surface area contributed by atoms with Crippen molar-refractivity contribution in [3.8, 4) is 0 Å². The van der Waals surface area contributed by atoms with E-state index in [2.05, 4.69) is 5.32 Å². The van der Waals surface area contributed by atoms with E-state index in [4.69, 9.17) is 0 Å². The summed E-state index contributed by atoms with van der Waals surface area (Å²) in [5.41, 5.74) is 3.00. The number of fused-ring (bicyclic) bond motifs is 1. The molecular weight excluding hydrogens is 440 g/mol. The van der Waals surface area contributed by atoms with E-state index in [1.54, 1.807) is 29.2 Å². The zero-order valence-corrected chi connectivity index (χ0v) is 18.1. The predicted octanol–water partition coefficient (Wildman–Crippen LogP) is 4.16. The molecule has 8 heteroatoms. The van der Waals surface area contributed by atoms with Crippen molar-refractivity contribution in [3.05, 3.63) is 89.5 Å². The van der Waals surface area contributed by atoms with Gasteiger partial charge in [0.05, 0.1) is 11.6 Å². The lowest BCUT2D eigenvalue weighted by Crippen LogP contribution is -2.29. The van der Waals surface area contributed by atoms with Crippen molar-refractivity contribution >= 4 is 34.8 Å². The van der Waals surface area contributed by atoms with Gasteiger partial charge in [0.2, 0.25) is 11.8 Å². The molecule has 1 atom stereocenters. The molecule has 0 aliphatic carbocycles. The summed E-state index contributed by atoms with van der Waals surface area (Å²) in [6.07, 6.45) is 0.739. The third-order valence-electron chi connectivity index (χ3n) is 6.23. The zero-order valence-electron chi connectivity index (χ0n) is 18.1. The molecule has 0 aromatic heterocycles. The van der Waals surface area contributed by atoms with Crippen LogP contribution in [0.15, 0.2) is 66.7 Å². The number of nitrogens with one attached hydrogen (secondary N) is 1. The standard InChI is InChI=1S/C26H21F2N3O3/c27-19-7-10-23(21(28)14-19)31-15-18(13-24(31)32)25(33)29-20-8-5-17(6-9-20)26(34)30-12-11-16-3-1-2-4-22(16)30/h1-10,14,18H,11-13,15H2,(H,29,33). The number of hydrogen-bond acceptors (Lipinski definition) is 3. The monoisotopic (exact) mass is 461 g/mol. The summed E-state index contributed by atoms with van der Waals surface area (Å²) in [6, 6.07) is 17.4. The maximum absolute atomic E-state index is 14.1. The second-order valence-electron chi connectivity index (χ2n) is 8.40. The minimum absolute atomic E-state index is 0.00183. The van der Waals surface area contributed by atoms with E-state index in [0.717, 1.165) is 28.6 Å². The number of para-hydroxylation sites is 1. The highest BCUT2D eigenvalue weighted by Crippen LogP contribution is 2.30. The highest BCUT2D eigenvalue weighted by molar-refractivity contribution is 6.08. The fourth-order valence-electron chi connectivity index (χ4n) is 4.46. The van der Waals surface area contributed by atoms with Crippen molar-refractivity contribution in [3.63, 3.8) is 0 Å². The van der Waals surface area contributed by atoms with Crippen LogP contribution in [0.1, 0.15) is 22.3 Å². The van der Waals surface area contributed by atoms with Crippen LogP contribution in [0.4, 0.5) is 25.8 Å². The number of rotatable bonds is 4. The second kappa shape index (κ2) is 8.70. The number of amides is 3. The molecule has 1 saturated heterocycles. The van der Waals surface area contributed by atoms with Crippen LogP contribution in [0.25, 0.3) is 0 Å². The summed E-state index contributed by atoms with van der Waals surface area (Å²) in [5.74, 6) is -3.17. The Hall–Kier alpha value is -4.07. The SMILES string of the molecule is O=C(Nc1ccc(C(=O)N2CCc3ccccc32)cc1)C1CC(=O)N(c2ccc(F)cc2F)C1. The Morgan fingerprint density at radius 3 is 2.47 bits per heavy atom. The second-order valence-corrected chi connectivity index (χ2v) is 8.40. The molecule has 172 valence electrons. The summed E-state index contributed by atoms with van der Waals surface area (Å²) in [7, 11) is 0. The van der Waals surface area contributed by atoms with Crippen LogP contribution in [0.3, 0.4) is 0 Å². The van der Waals surface area contributed by atoms with Gasteiger partial charge in [-0.3, -0.25) is 14.4 Å². The third-order valence-corrected chi connectivity index (χ3v) is 6.23. The van der Waals surface area contributed by atoms with Crippen LogP contribution in [-0.4, -0.2) is 30.8 Å². The number of halogens is 2. The number of hydrogen-bond donors (Lipinski definition) is 1. The van der Waals surface area contributed by atoms with Crippen molar-refractivity contribution < 1.29 is 23.2 Å². The van der Waals surface area contributed by atoms with Crippen LogP contribution in [0.5, 0.6) is 0 Å². The highest BCUT2D eigenvalue weighted by atomic mass is 19.1. The fraction of sp³-hybridized carbons (Fsp3) is 0.192. The molecule has 2 aliphatic heterocycles. The first-order chi connectivity index (χ1) is 16.4. The maximum atomic E-state index is 14.1. The molecule has 1 unspecified atom stereocenters. The molecule has 3 amide bonds. The van der Waals surface area contributed by atoms with Gasteiger partial charge in [-0.1, -0.05) is 18.2 Å². The molecule has 2 aliphatic rings. The largest absolute Gasteiger partial charge is 0.326 e. The van der Waals surface area contributed by atoms with Gasteiger partial charge in [0.1, 0.15) is 11.6 Å². The summed E-state index contributed by atoms with van der Waals surface area (Å²) < 4.78 is 27.3. The number of benzene rings is 3. The van der Waals surface area contributed by atoms with Crippen LogP contribution in [-0.2, 0) is 16.0 Å². The fourth-order valence-corrected chi connectivity index (χ4v) is 4.46. The Balaban J connectivity index is 1.24. The highest BCUT2D eigenvalue weighted by Gasteiger charge is 2.36. The van der Waals surface area contributed by atoms with Crippen molar-refractivity contribution in [2.24, 2.45) is 5.92 Å². The molecule has 2 heterocycles. The number of carbonyl (C=O) groups excluding carboxylic acids is 3. The minimum Gasteiger partial charge on any atom is -0.326 e. The van der Waals surface area contributed by atoms with E-state index in [1.165, 1.54) is 6.07 Å². The minimum atomic E-state index is -0.852. The van der Waals surface area contributed by atoms with Crippen molar-refractivity contribution in [2.75, 3.05) is 28.2 Å². The first-order valence-electron chi connectivity index (χ1n) is 11.0. The molecule has 34 heavy (non-hydrogen) atoms. The molecule has 0 radical (unpaired) electrons. The van der Waals surface area contributed by atoms with E-state index in [1.807, 2.05) is 24.3 Å². The summed E-state index contributed by atoms with van der Waals surface area (Å²) >= 11 is 0. The van der Waals surface area contributed by atoms with Crippen LogP contribution in [0.2, 0.25) is 0 Å². The number of carbonyl (C=O) groups is 3. The topological polar surface area (TPSA) is 69.7 Å². The molecular formula is C26H21F2N3O3. The first-order valence-corrected chi connectivity index (χ1v) is 11.0. The smallest absolute Gasteiger partial charge is 0.258 e. The summed E-state index contributed by atoms with van der Waals surface area (Å²) in [4.78, 5) is 40.9. The van der Waals surface area contributed by atoms with Gasteiger partial charge in [-0.2, -0.15) is 0 Å². The predicted molar refractivity (Wildman–Crippen MR) is 124 cm³/mol. The molecule has 3 aromatic carbocycles. The van der Waals surface area contributed by atoms with Crippen LogP contribution >= 0.6 is 0 Å². The van der Waals surface area contributed by atoms with Gasteiger partial charge in [0.15, 0.2) is 0 Å². The lowest BCUT2D eigenvalue weighted by molar-refractivity contribution is -0.122. The Morgan fingerprint density at radius 2 is 1.71 bits per heavy atom. The average Bonchev–Trinajstić information content (AvgIpc) is 3.43. The third kappa shape index (κ3) is 4.03. The quantitative estimate of drug-likeness (QED) is 0.635. The van der Waals surface area contributed by atoms with Gasteiger partial charge >= 0.3 is 0 Å². The lowest BCUT2D eigenvalue weighted by atomic mass is 10.1. The normalized spacial score (nSPS) is 17.1. The molecule has 1 fully saturated rings. The van der Waals surface area contributed by atoms with Crippen LogP contribution < -0.4 is 15.1 Å². The van der Waals surface area contributed by atoms with Crippen molar-refractivity contribution in [1.82, 2.24) is 0 Å². The number of nitrogens with zero attached hydrogens (tertiary/aromatic N) is 2. The zero-order chi connectivity index (χ0) is 23.8. The van der Waals surface area contributed by atoms with E-state index in [9.17, 15) is 23.2 Å². The Bertz CT molecular complexity index is 1290. The average molecular weight is 461 g/mol. The van der Waals surface area contributed by atoms with E-state index in [0.29, 0.717) is 23.9 Å². The summed E-state index contributed by atoms with van der Waals surface area (Å²) in [5, 5.41) is 2.76. The molecule has 3 aromatic rings. The molecule has 0 saturated carbocycles. The molecule has 5 rings (SSSR count). The van der Waals surface area contributed by atoms with Gasteiger partial charge < -0.3 is 15.1 Å². The van der Waals surface area contributed by atoms with E-state index >= 15 is 0 Å². The van der Waals surface area contributed by atoms with Gasteiger partial charge in [-0.05, 0) is 54.4 Å². The van der Waals surface area contributed by atoms with Crippen molar-refractivity contribution in [2.45, 2.75) is 12.8 Å². The van der Waals surface area contributed by atoms with Gasteiger partial charge in [-0.15, -0.1) is 0 Å². The maximum Gasteiger partial charge on any atom is 0.258 e. The Kier molecular flexibility index (Phi) is 5.57. The molecule has 6 nitrogen and oxygen atoms in total. The van der Waals surface area contributed by atoms with Gasteiger partial charge in [-0.25, -0.2) is 8.78 Å². The lowest BCUT2D eigenvalue weighted by Gasteiger charge is -2.18. The first kappa shape index (κ1) is 21.8. The Labute approximate surface area is 194 Å². The van der Waals surface area contributed by atoms with Gasteiger partial charge in [0.25, 0.3) is 5.91 Å². The van der Waals surface area contributed by atoms with Crippen molar-refractivity contribution in [1.29, 1.82) is 0 Å². The molecule has 0 bridgehead atoms. The Morgan fingerprint density at radius 1 is 0.941 bits per heavy atom.